The summed E-state index contributed by atoms with van der Waals surface area (Å²) in [4.78, 5) is 5.34. The number of para-hydroxylation sites is 1. The molecule has 0 aromatic heterocycles. The van der Waals surface area contributed by atoms with Crippen molar-refractivity contribution in [3.05, 3.63) is 76.8 Å². The van der Waals surface area contributed by atoms with Crippen molar-refractivity contribution in [2.24, 2.45) is 0 Å². The maximum Gasteiger partial charge on any atom is 0.0582 e. The Morgan fingerprint density at radius 3 is 2.30 bits per heavy atom. The highest BCUT2D eigenvalue weighted by molar-refractivity contribution is 8.36. The predicted octanol–water partition coefficient (Wildman–Crippen LogP) is 6.38. The summed E-state index contributed by atoms with van der Waals surface area (Å²) in [5, 5.41) is 0. The van der Waals surface area contributed by atoms with Crippen LogP contribution in [0, 0.1) is 6.92 Å². The van der Waals surface area contributed by atoms with Gasteiger partial charge in [0.25, 0.3) is 0 Å². The minimum atomic E-state index is -1.01. The van der Waals surface area contributed by atoms with Crippen LogP contribution in [0.3, 0.4) is 0 Å². The van der Waals surface area contributed by atoms with Crippen LogP contribution in [-0.2, 0) is 0 Å². The van der Waals surface area contributed by atoms with Crippen LogP contribution >= 0.6 is 10.0 Å². The molecule has 1 aliphatic heterocycles. The van der Waals surface area contributed by atoms with Gasteiger partial charge in [-0.15, -0.1) is 0 Å². The van der Waals surface area contributed by atoms with Crippen LogP contribution in [0.5, 0.6) is 0 Å². The van der Waals surface area contributed by atoms with Crippen LogP contribution in [0.4, 0.5) is 11.4 Å². The molecule has 3 rings (SSSR count). The van der Waals surface area contributed by atoms with E-state index in [-0.39, 0.29) is 0 Å². The molecule has 1 heterocycles. The lowest BCUT2D eigenvalue weighted by molar-refractivity contribution is 1.09. The number of anilines is 2. The second-order valence-corrected chi connectivity index (χ2v) is 9.95. The average molecular weight is 324 g/mol. The summed E-state index contributed by atoms with van der Waals surface area (Å²) >= 11 is 0. The number of benzene rings is 2. The Bertz CT molecular complexity index is 785. The number of allylic oxidation sites excluding steroid dienone is 3. The van der Waals surface area contributed by atoms with E-state index in [1.807, 2.05) is 0 Å². The number of hydrogen-bond donors (Lipinski definition) is 0. The van der Waals surface area contributed by atoms with Crippen LogP contribution in [-0.4, -0.2) is 12.5 Å². The predicted molar refractivity (Wildman–Crippen MR) is 105 cm³/mol. The lowest BCUT2D eigenvalue weighted by atomic mass is 10.1. The van der Waals surface area contributed by atoms with E-state index in [0.717, 1.165) is 0 Å². The van der Waals surface area contributed by atoms with E-state index in [0.29, 0.717) is 0 Å². The molecule has 0 atom stereocenters. The fraction of sp³-hybridized carbons (Fsp3) is 0.238. The van der Waals surface area contributed by atoms with E-state index in [4.69, 9.17) is 0 Å². The molecule has 0 fully saturated rings. The average Bonchev–Trinajstić information content (AvgIpc) is 2.53. The molecule has 2 aromatic rings. The normalized spacial score (nSPS) is 18.2. The van der Waals surface area contributed by atoms with Crippen molar-refractivity contribution < 1.29 is 0 Å². The SMILES string of the molecule is C/C=C\C1=C(C)N(c2ccccc2)c2ccc(C)cc2S1(C)C. The van der Waals surface area contributed by atoms with E-state index < -0.39 is 10.0 Å². The summed E-state index contributed by atoms with van der Waals surface area (Å²) < 4.78 is 0. The first-order valence-corrected chi connectivity index (χ1v) is 10.4. The zero-order valence-corrected chi connectivity index (χ0v) is 15.4. The topological polar surface area (TPSA) is 3.24 Å². The molecule has 0 bridgehead atoms. The van der Waals surface area contributed by atoms with Crippen molar-refractivity contribution in [1.82, 2.24) is 0 Å². The second kappa shape index (κ2) is 5.93. The van der Waals surface area contributed by atoms with E-state index in [9.17, 15) is 0 Å². The summed E-state index contributed by atoms with van der Waals surface area (Å²) in [6, 6.07) is 17.5. The molecule has 0 unspecified atom stereocenters. The van der Waals surface area contributed by atoms with Gasteiger partial charge in [0.1, 0.15) is 0 Å². The fourth-order valence-electron chi connectivity index (χ4n) is 3.35. The van der Waals surface area contributed by atoms with Crippen molar-refractivity contribution >= 4 is 21.4 Å². The molecule has 0 N–H and O–H groups in total. The largest absolute Gasteiger partial charge is 0.312 e. The Hall–Kier alpha value is -1.93. The number of aryl methyl sites for hydroxylation is 1. The van der Waals surface area contributed by atoms with Crippen LogP contribution < -0.4 is 4.90 Å². The molecule has 1 aliphatic rings. The maximum atomic E-state index is 2.41. The van der Waals surface area contributed by atoms with Gasteiger partial charge >= 0.3 is 0 Å². The fourth-order valence-corrected chi connectivity index (χ4v) is 6.05. The standard InChI is InChI=1S/C21H25NS/c1-6-10-20-17(3)22(18-11-8-7-9-12-18)19-14-13-16(2)15-21(19)23(20,4)5/h6-15H,1-5H3/b10-6-. The molecule has 0 radical (unpaired) electrons. The number of nitrogens with zero attached hydrogens (tertiary/aromatic N) is 1. The molecule has 2 aromatic carbocycles. The Kier molecular flexibility index (Phi) is 4.11. The van der Waals surface area contributed by atoms with E-state index >= 15 is 0 Å². The van der Waals surface area contributed by atoms with Crippen molar-refractivity contribution in [3.63, 3.8) is 0 Å². The Labute approximate surface area is 141 Å². The highest BCUT2D eigenvalue weighted by atomic mass is 32.3. The third-order valence-electron chi connectivity index (χ3n) is 4.48. The third kappa shape index (κ3) is 2.61. The van der Waals surface area contributed by atoms with Gasteiger partial charge in [0.05, 0.1) is 5.69 Å². The van der Waals surface area contributed by atoms with Crippen molar-refractivity contribution in [2.45, 2.75) is 25.7 Å². The smallest absolute Gasteiger partial charge is 0.0582 e. The van der Waals surface area contributed by atoms with E-state index in [2.05, 4.69) is 98.9 Å². The Balaban J connectivity index is 2.32. The molecule has 0 saturated heterocycles. The molecule has 0 spiro atoms. The number of hydrogen-bond acceptors (Lipinski definition) is 1. The van der Waals surface area contributed by atoms with Crippen molar-refractivity contribution in [1.29, 1.82) is 0 Å². The highest BCUT2D eigenvalue weighted by Gasteiger charge is 2.32. The first kappa shape index (κ1) is 15.9. The van der Waals surface area contributed by atoms with Gasteiger partial charge in [0.15, 0.2) is 0 Å². The molecule has 2 heteroatoms. The van der Waals surface area contributed by atoms with Gasteiger partial charge < -0.3 is 4.90 Å². The lowest BCUT2D eigenvalue weighted by Crippen LogP contribution is -2.24. The maximum absolute atomic E-state index is 2.41. The van der Waals surface area contributed by atoms with Gasteiger partial charge in [-0.25, -0.2) is 0 Å². The van der Waals surface area contributed by atoms with Gasteiger partial charge in [-0.2, -0.15) is 10.0 Å². The quantitative estimate of drug-likeness (QED) is 0.620. The van der Waals surface area contributed by atoms with E-state index in [1.54, 1.807) is 0 Å². The molecule has 1 nitrogen and oxygen atoms in total. The first-order valence-electron chi connectivity index (χ1n) is 7.99. The minimum Gasteiger partial charge on any atom is -0.312 e. The molecular formula is C21H25NS. The molecule has 120 valence electrons. The number of rotatable bonds is 2. The highest BCUT2D eigenvalue weighted by Crippen LogP contribution is 2.65. The van der Waals surface area contributed by atoms with E-state index in [1.165, 1.54) is 32.4 Å². The van der Waals surface area contributed by atoms with Gasteiger partial charge in [-0.1, -0.05) is 36.4 Å². The minimum absolute atomic E-state index is 1.01. The third-order valence-corrected chi connectivity index (χ3v) is 7.44. The van der Waals surface area contributed by atoms with Gasteiger partial charge in [-0.05, 0) is 63.1 Å². The molecular weight excluding hydrogens is 298 g/mol. The Morgan fingerprint density at radius 1 is 0.957 bits per heavy atom. The van der Waals surface area contributed by atoms with Gasteiger partial charge in [-0.3, -0.25) is 0 Å². The van der Waals surface area contributed by atoms with Crippen LogP contribution in [0.15, 0.2) is 76.2 Å². The van der Waals surface area contributed by atoms with Crippen LogP contribution in [0.1, 0.15) is 19.4 Å². The van der Waals surface area contributed by atoms with Gasteiger partial charge in [0, 0.05) is 21.2 Å². The summed E-state index contributed by atoms with van der Waals surface area (Å²) in [7, 11) is -1.01. The van der Waals surface area contributed by atoms with Crippen molar-refractivity contribution in [2.75, 3.05) is 17.4 Å². The van der Waals surface area contributed by atoms with Crippen LogP contribution in [0.25, 0.3) is 0 Å². The summed E-state index contributed by atoms with van der Waals surface area (Å²) in [6.07, 6.45) is 9.28. The summed E-state index contributed by atoms with van der Waals surface area (Å²) in [6.45, 7) is 6.54. The molecule has 0 amide bonds. The van der Waals surface area contributed by atoms with Gasteiger partial charge in [0.2, 0.25) is 0 Å². The second-order valence-electron chi connectivity index (χ2n) is 6.42. The first-order chi connectivity index (χ1) is 11.0. The monoisotopic (exact) mass is 323 g/mol. The number of fused-ring (bicyclic) bond motifs is 1. The zero-order valence-electron chi connectivity index (χ0n) is 14.6. The van der Waals surface area contributed by atoms with Crippen molar-refractivity contribution in [3.8, 4) is 0 Å². The molecule has 0 aliphatic carbocycles. The van der Waals surface area contributed by atoms with Crippen LogP contribution in [0.2, 0.25) is 0 Å². The Morgan fingerprint density at radius 2 is 1.65 bits per heavy atom. The summed E-state index contributed by atoms with van der Waals surface area (Å²) in [5.74, 6) is 0. The summed E-state index contributed by atoms with van der Waals surface area (Å²) in [5.41, 5.74) is 5.22. The molecule has 23 heavy (non-hydrogen) atoms. The lowest BCUT2D eigenvalue weighted by Gasteiger charge is -2.45. The zero-order chi connectivity index (χ0) is 16.6. The molecule has 0 saturated carbocycles.